The fourth-order valence-electron chi connectivity index (χ4n) is 5.60. The second-order valence-corrected chi connectivity index (χ2v) is 10.3. The Balaban J connectivity index is 1.73. The number of alkyl halides is 3. The van der Waals surface area contributed by atoms with Crippen molar-refractivity contribution in [3.05, 3.63) is 113 Å². The van der Waals surface area contributed by atoms with Gasteiger partial charge in [-0.15, -0.1) is 0 Å². The molecule has 0 aliphatic heterocycles. The zero-order valence-corrected chi connectivity index (χ0v) is 23.5. The summed E-state index contributed by atoms with van der Waals surface area (Å²) >= 11 is 0. The lowest BCUT2D eigenvalue weighted by atomic mass is 9.66. The summed E-state index contributed by atoms with van der Waals surface area (Å²) < 4.78 is 47.6. The van der Waals surface area contributed by atoms with E-state index in [9.17, 15) is 27.9 Å². The van der Waals surface area contributed by atoms with Crippen LogP contribution >= 0.6 is 0 Å². The first-order valence-corrected chi connectivity index (χ1v) is 13.6. The number of halogens is 3. The maximum Gasteiger partial charge on any atom is 0.440 e. The van der Waals surface area contributed by atoms with Gasteiger partial charge in [-0.1, -0.05) is 71.9 Å². The van der Waals surface area contributed by atoms with E-state index < -0.39 is 29.2 Å². The number of amides is 1. The number of oxime groups is 1. The molecule has 1 unspecified atom stereocenters. The van der Waals surface area contributed by atoms with E-state index in [0.29, 0.717) is 16.9 Å². The van der Waals surface area contributed by atoms with Gasteiger partial charge in [0.15, 0.2) is 0 Å². The van der Waals surface area contributed by atoms with Crippen LogP contribution in [0.2, 0.25) is 0 Å². The molecule has 0 spiro atoms. The third kappa shape index (κ3) is 5.46. The number of aliphatic hydroxyl groups is 1. The van der Waals surface area contributed by atoms with Crippen LogP contribution in [-0.4, -0.2) is 61.1 Å². The van der Waals surface area contributed by atoms with Gasteiger partial charge < -0.3 is 14.7 Å². The van der Waals surface area contributed by atoms with Gasteiger partial charge in [-0.25, -0.2) is 4.79 Å². The molecule has 222 valence electrons. The average molecular weight is 591 g/mol. The first-order chi connectivity index (χ1) is 20.6. The lowest BCUT2D eigenvalue weighted by Crippen LogP contribution is -2.33. The molecular weight excluding hydrogens is 561 g/mol. The SMILES string of the molecule is CN(C)C(=O)O/N=C(/C(=O)c1ccc2c(c1)-c1cc(OCCO)ccc1C2(C1=CCCC=C1)c1ccccc1)C(F)(F)F. The molecule has 5 rings (SSSR count). The second kappa shape index (κ2) is 11.9. The molecule has 2 aliphatic rings. The van der Waals surface area contributed by atoms with Gasteiger partial charge >= 0.3 is 12.3 Å². The van der Waals surface area contributed by atoms with Gasteiger partial charge in [0.05, 0.1) is 12.0 Å². The van der Waals surface area contributed by atoms with Gasteiger partial charge in [-0.2, -0.15) is 13.2 Å². The minimum atomic E-state index is -5.18. The third-order valence-electron chi connectivity index (χ3n) is 7.43. The number of hydrogen-bond donors (Lipinski definition) is 1. The Hall–Kier alpha value is -4.70. The summed E-state index contributed by atoms with van der Waals surface area (Å²) in [5.41, 5.74) is 1.88. The van der Waals surface area contributed by atoms with Crippen LogP contribution in [0.1, 0.15) is 39.9 Å². The number of fused-ring (bicyclic) bond motifs is 3. The maximum atomic E-state index is 14.0. The summed E-state index contributed by atoms with van der Waals surface area (Å²) in [6, 6.07) is 19.7. The summed E-state index contributed by atoms with van der Waals surface area (Å²) in [6.45, 7) is -0.144. The van der Waals surface area contributed by atoms with Gasteiger partial charge in [0, 0.05) is 19.7 Å². The van der Waals surface area contributed by atoms with E-state index in [0.717, 1.165) is 40.0 Å². The van der Waals surface area contributed by atoms with E-state index >= 15 is 0 Å². The molecule has 0 saturated heterocycles. The van der Waals surface area contributed by atoms with Crippen LogP contribution < -0.4 is 4.74 Å². The number of allylic oxidation sites excluding steroid dienone is 4. The Bertz CT molecular complexity index is 1640. The van der Waals surface area contributed by atoms with Crippen molar-refractivity contribution in [2.24, 2.45) is 5.16 Å². The number of Topliss-reactive ketones (excluding diaryl/α,β-unsaturated/α-hetero) is 1. The van der Waals surface area contributed by atoms with Crippen molar-refractivity contribution in [1.29, 1.82) is 0 Å². The quantitative estimate of drug-likeness (QED) is 0.141. The van der Waals surface area contributed by atoms with Gasteiger partial charge in [0.25, 0.3) is 0 Å². The number of rotatable bonds is 8. The molecule has 7 nitrogen and oxygen atoms in total. The molecule has 1 amide bonds. The maximum absolute atomic E-state index is 14.0. The average Bonchev–Trinajstić information content (AvgIpc) is 3.30. The van der Waals surface area contributed by atoms with Crippen LogP contribution in [-0.2, 0) is 10.3 Å². The number of benzene rings is 3. The highest BCUT2D eigenvalue weighted by atomic mass is 19.4. The van der Waals surface area contributed by atoms with Crippen molar-refractivity contribution in [2.45, 2.75) is 24.4 Å². The molecule has 0 radical (unpaired) electrons. The van der Waals surface area contributed by atoms with E-state index in [1.807, 2.05) is 36.4 Å². The molecule has 43 heavy (non-hydrogen) atoms. The van der Waals surface area contributed by atoms with Crippen LogP contribution in [0.4, 0.5) is 18.0 Å². The Morgan fingerprint density at radius 1 is 0.977 bits per heavy atom. The lowest BCUT2D eigenvalue weighted by Gasteiger charge is -2.35. The summed E-state index contributed by atoms with van der Waals surface area (Å²) in [4.78, 5) is 30.3. The Kier molecular flexibility index (Phi) is 8.23. The van der Waals surface area contributed by atoms with Crippen molar-refractivity contribution >= 4 is 17.6 Å². The number of hydrogen-bond acceptors (Lipinski definition) is 6. The van der Waals surface area contributed by atoms with Gasteiger partial charge in [-0.3, -0.25) is 9.63 Å². The van der Waals surface area contributed by atoms with E-state index in [1.54, 1.807) is 18.2 Å². The van der Waals surface area contributed by atoms with E-state index in [1.165, 1.54) is 26.2 Å². The molecule has 0 saturated carbocycles. The fraction of sp³-hybridized carbons (Fsp3) is 0.242. The standard InChI is InChI=1S/C33H29F3N2O5/c1-38(2)31(41)43-37-30(33(34,35)36)29(40)21-13-15-27-25(19-21)26-20-24(42-18-17-39)14-16-28(26)32(27,22-9-5-3-6-10-22)23-11-7-4-8-12-23/h3,5-7,9-16,19-20,39H,4,8,17-18H2,1-2H3/b37-30-. The monoisotopic (exact) mass is 590 g/mol. The topological polar surface area (TPSA) is 88.4 Å². The molecule has 3 aromatic carbocycles. The molecule has 0 fully saturated rings. The zero-order valence-electron chi connectivity index (χ0n) is 23.5. The molecule has 1 N–H and O–H groups in total. The number of ether oxygens (including phenoxy) is 1. The third-order valence-corrected chi connectivity index (χ3v) is 7.43. The Morgan fingerprint density at radius 3 is 2.30 bits per heavy atom. The van der Waals surface area contributed by atoms with Crippen molar-refractivity contribution in [3.8, 4) is 16.9 Å². The molecular formula is C33H29F3N2O5. The van der Waals surface area contributed by atoms with Gasteiger partial charge in [0.1, 0.15) is 12.4 Å². The smallest absolute Gasteiger partial charge is 0.440 e. The first kappa shape index (κ1) is 29.8. The molecule has 3 aromatic rings. The summed E-state index contributed by atoms with van der Waals surface area (Å²) in [7, 11) is 2.55. The summed E-state index contributed by atoms with van der Waals surface area (Å²) in [5, 5.41) is 12.2. The molecule has 0 heterocycles. The minimum Gasteiger partial charge on any atom is -0.491 e. The van der Waals surface area contributed by atoms with E-state index in [4.69, 9.17) is 4.74 Å². The van der Waals surface area contributed by atoms with E-state index in [-0.39, 0.29) is 18.8 Å². The highest BCUT2D eigenvalue weighted by molar-refractivity contribution is 6.47. The molecule has 2 aliphatic carbocycles. The highest BCUT2D eigenvalue weighted by Gasteiger charge is 2.48. The summed E-state index contributed by atoms with van der Waals surface area (Å²) in [5.74, 6) is -0.981. The van der Waals surface area contributed by atoms with Crippen LogP contribution in [0, 0.1) is 0 Å². The van der Waals surface area contributed by atoms with Crippen LogP contribution in [0.25, 0.3) is 11.1 Å². The fourth-order valence-corrected chi connectivity index (χ4v) is 5.60. The predicted molar refractivity (Wildman–Crippen MR) is 155 cm³/mol. The van der Waals surface area contributed by atoms with Crippen molar-refractivity contribution in [1.82, 2.24) is 4.90 Å². The largest absolute Gasteiger partial charge is 0.491 e. The number of ketones is 1. The minimum absolute atomic E-state index is 0.0545. The number of carbonyl (C=O) groups is 2. The van der Waals surface area contributed by atoms with Crippen molar-refractivity contribution in [3.63, 3.8) is 0 Å². The molecule has 0 aromatic heterocycles. The normalized spacial score (nSPS) is 17.5. The Labute approximate surface area is 246 Å². The molecule has 1 atom stereocenters. The van der Waals surface area contributed by atoms with Crippen molar-refractivity contribution in [2.75, 3.05) is 27.3 Å². The molecule has 0 bridgehead atoms. The van der Waals surface area contributed by atoms with E-state index in [2.05, 4.69) is 28.2 Å². The Morgan fingerprint density at radius 2 is 1.67 bits per heavy atom. The zero-order chi connectivity index (χ0) is 30.8. The van der Waals surface area contributed by atoms with Gasteiger partial charge in [0.2, 0.25) is 11.5 Å². The first-order valence-electron chi connectivity index (χ1n) is 13.6. The molecule has 10 heteroatoms. The van der Waals surface area contributed by atoms with Crippen LogP contribution in [0.3, 0.4) is 0 Å². The number of carbonyl (C=O) groups excluding carboxylic acids is 2. The predicted octanol–water partition coefficient (Wildman–Crippen LogP) is 6.45. The lowest BCUT2D eigenvalue weighted by molar-refractivity contribution is -0.0605. The summed E-state index contributed by atoms with van der Waals surface area (Å²) in [6.07, 6.45) is 1.68. The van der Waals surface area contributed by atoms with Crippen LogP contribution in [0.5, 0.6) is 5.75 Å². The van der Waals surface area contributed by atoms with Gasteiger partial charge in [-0.05, 0) is 64.4 Å². The number of nitrogens with zero attached hydrogens (tertiary/aromatic N) is 2. The second-order valence-electron chi connectivity index (χ2n) is 10.3. The van der Waals surface area contributed by atoms with Crippen molar-refractivity contribution < 1.29 is 37.4 Å². The van der Waals surface area contributed by atoms with Crippen LogP contribution in [0.15, 0.2) is 95.7 Å². The highest BCUT2D eigenvalue weighted by Crippen LogP contribution is 2.57. The number of aliphatic hydroxyl groups excluding tert-OH is 1.